The number of likely N-dealkylation sites (N-methyl/N-ethyl adjacent to an activating group) is 1. The van der Waals surface area contributed by atoms with Crippen molar-refractivity contribution in [1.82, 2.24) is 24.6 Å². The highest BCUT2D eigenvalue weighted by atomic mass is 19.1. The van der Waals surface area contributed by atoms with E-state index in [0.717, 1.165) is 28.1 Å². The van der Waals surface area contributed by atoms with Crippen molar-refractivity contribution in [2.24, 2.45) is 11.5 Å². The van der Waals surface area contributed by atoms with Gasteiger partial charge in [0.15, 0.2) is 5.82 Å². The Hall–Kier alpha value is -4.16. The van der Waals surface area contributed by atoms with Gasteiger partial charge in [0.25, 0.3) is 0 Å². The van der Waals surface area contributed by atoms with Crippen molar-refractivity contribution in [1.29, 1.82) is 0 Å². The van der Waals surface area contributed by atoms with Crippen molar-refractivity contribution < 1.29 is 13.5 Å². The third-order valence-corrected chi connectivity index (χ3v) is 8.43. The Morgan fingerprint density at radius 1 is 1.00 bits per heavy atom. The van der Waals surface area contributed by atoms with Gasteiger partial charge in [0.05, 0.1) is 13.3 Å². The number of rotatable bonds is 7. The van der Waals surface area contributed by atoms with Crippen molar-refractivity contribution in [2.45, 2.75) is 38.8 Å². The number of nitrogens with two attached hydrogens (primary N) is 2. The smallest absolute Gasteiger partial charge is 0.151 e. The number of nitrogens with zero attached hydrogens (tertiary/aromatic N) is 6. The largest absolute Gasteiger partial charge is 0.497 e. The maximum atomic E-state index is 15.7. The van der Waals surface area contributed by atoms with E-state index in [1.165, 1.54) is 29.2 Å². The van der Waals surface area contributed by atoms with Crippen molar-refractivity contribution in [3.8, 4) is 11.4 Å². The number of methoxy groups -OCH3 is 1. The van der Waals surface area contributed by atoms with Gasteiger partial charge in [-0.1, -0.05) is 31.2 Å². The average molecular weight is 587 g/mol. The lowest BCUT2D eigenvalue weighted by molar-refractivity contribution is 0.126. The normalized spacial score (nSPS) is 21.3. The van der Waals surface area contributed by atoms with Gasteiger partial charge in [-0.3, -0.25) is 15.5 Å². The molecule has 3 unspecified atom stereocenters. The molecule has 6 rings (SSSR count). The van der Waals surface area contributed by atoms with E-state index in [4.69, 9.17) is 16.2 Å². The summed E-state index contributed by atoms with van der Waals surface area (Å²) in [7, 11) is 1.65. The van der Waals surface area contributed by atoms with Crippen molar-refractivity contribution in [3.63, 3.8) is 0 Å². The minimum atomic E-state index is -0.645. The van der Waals surface area contributed by atoms with Crippen LogP contribution in [0.4, 0.5) is 14.5 Å². The molecule has 4 N–H and O–H groups in total. The lowest BCUT2D eigenvalue weighted by Crippen LogP contribution is -2.66. The summed E-state index contributed by atoms with van der Waals surface area (Å²) in [5.41, 5.74) is 18.7. The highest BCUT2D eigenvalue weighted by Crippen LogP contribution is 2.43. The number of aryl methyl sites for hydroxylation is 1. The molecule has 0 saturated heterocycles. The van der Waals surface area contributed by atoms with Crippen molar-refractivity contribution in [2.75, 3.05) is 31.6 Å². The summed E-state index contributed by atoms with van der Waals surface area (Å²) in [5, 5.41) is 4.17. The number of ether oxygens (including phenoxy) is 1. The lowest BCUT2D eigenvalue weighted by atomic mass is 9.84. The van der Waals surface area contributed by atoms with Crippen LogP contribution in [0.3, 0.4) is 0 Å². The number of hydrogen-bond acceptors (Lipinski definition) is 8. The molecule has 0 amide bonds. The van der Waals surface area contributed by atoms with E-state index in [9.17, 15) is 4.39 Å². The zero-order chi connectivity index (χ0) is 30.2. The van der Waals surface area contributed by atoms with Gasteiger partial charge in [0.1, 0.15) is 35.7 Å². The standard InChI is InChI=1S/C32H36F2N8O/c1-4-40-31(35)27-18-39(16-21-5-12-25(43-3)13-6-21)17-26(22-7-9-23(33)10-8-22)30(27)41(32(40)36)24-11-14-29(28(34)15-24)42-20(2)37-19-38-42/h5-15,19,26,31-32H,4,16-18,35-36H2,1-3H3. The molecule has 0 bridgehead atoms. The molecule has 2 aliphatic heterocycles. The number of benzene rings is 3. The van der Waals surface area contributed by atoms with Crippen LogP contribution in [0.15, 0.2) is 84.3 Å². The first-order valence-corrected chi connectivity index (χ1v) is 14.4. The van der Waals surface area contributed by atoms with Crippen LogP contribution in [0.5, 0.6) is 5.75 Å². The second-order valence-electron chi connectivity index (χ2n) is 10.9. The number of aromatic nitrogens is 3. The fraction of sp³-hybridized carbons (Fsp3) is 0.312. The summed E-state index contributed by atoms with van der Waals surface area (Å²) in [6, 6.07) is 19.6. The Bertz CT molecular complexity index is 1620. The maximum Gasteiger partial charge on any atom is 0.151 e. The van der Waals surface area contributed by atoms with Crippen LogP contribution < -0.4 is 21.1 Å². The fourth-order valence-electron chi connectivity index (χ4n) is 6.27. The predicted molar refractivity (Wildman–Crippen MR) is 161 cm³/mol. The highest BCUT2D eigenvalue weighted by Gasteiger charge is 2.44. The zero-order valence-corrected chi connectivity index (χ0v) is 24.5. The van der Waals surface area contributed by atoms with Crippen LogP contribution in [-0.4, -0.2) is 63.8 Å². The van der Waals surface area contributed by atoms with E-state index in [2.05, 4.69) is 27.1 Å². The highest BCUT2D eigenvalue weighted by molar-refractivity contribution is 5.61. The molecule has 43 heavy (non-hydrogen) atoms. The Morgan fingerprint density at radius 2 is 1.74 bits per heavy atom. The van der Waals surface area contributed by atoms with Crippen LogP contribution in [0.2, 0.25) is 0 Å². The average Bonchev–Trinajstić information content (AvgIpc) is 3.43. The van der Waals surface area contributed by atoms with Crippen LogP contribution in [0.1, 0.15) is 29.8 Å². The van der Waals surface area contributed by atoms with Crippen LogP contribution in [0.25, 0.3) is 5.69 Å². The third kappa shape index (κ3) is 5.40. The first-order valence-electron chi connectivity index (χ1n) is 14.4. The molecule has 9 nitrogen and oxygen atoms in total. The lowest BCUT2D eigenvalue weighted by Gasteiger charge is -2.53. The first kappa shape index (κ1) is 28.9. The topological polar surface area (TPSA) is 102 Å². The Kier molecular flexibility index (Phi) is 7.97. The van der Waals surface area contributed by atoms with Crippen LogP contribution >= 0.6 is 0 Å². The minimum absolute atomic E-state index is 0.195. The summed E-state index contributed by atoms with van der Waals surface area (Å²) in [5.74, 6) is 0.421. The molecule has 2 aliphatic rings. The number of anilines is 1. The van der Waals surface area contributed by atoms with Gasteiger partial charge in [0, 0.05) is 43.5 Å². The molecule has 0 saturated carbocycles. The number of halogens is 2. The van der Waals surface area contributed by atoms with Crippen LogP contribution in [0, 0.1) is 18.6 Å². The number of hydrogen-bond donors (Lipinski definition) is 2. The van der Waals surface area contributed by atoms with E-state index in [1.807, 2.05) is 34.9 Å². The summed E-state index contributed by atoms with van der Waals surface area (Å²) >= 11 is 0. The molecule has 1 aromatic heterocycles. The molecule has 0 fully saturated rings. The molecule has 3 aromatic carbocycles. The summed E-state index contributed by atoms with van der Waals surface area (Å²) in [6.45, 7) is 6.29. The van der Waals surface area contributed by atoms with Crippen molar-refractivity contribution in [3.05, 3.63) is 113 Å². The summed E-state index contributed by atoms with van der Waals surface area (Å²) < 4.78 is 36.6. The van der Waals surface area contributed by atoms with E-state index < -0.39 is 18.3 Å². The first-order chi connectivity index (χ1) is 20.8. The maximum absolute atomic E-state index is 15.7. The minimum Gasteiger partial charge on any atom is -0.497 e. The molecule has 224 valence electrons. The third-order valence-electron chi connectivity index (χ3n) is 8.43. The molecule has 3 heterocycles. The molecule has 4 aromatic rings. The van der Waals surface area contributed by atoms with E-state index in [1.54, 1.807) is 32.2 Å². The molecular weight excluding hydrogens is 550 g/mol. The van der Waals surface area contributed by atoms with Gasteiger partial charge in [-0.25, -0.2) is 18.4 Å². The van der Waals surface area contributed by atoms with E-state index >= 15 is 4.39 Å². The van der Waals surface area contributed by atoms with E-state index in [-0.39, 0.29) is 11.7 Å². The van der Waals surface area contributed by atoms with Gasteiger partial charge in [-0.05, 0) is 66.1 Å². The Labute approximate surface area is 250 Å². The van der Waals surface area contributed by atoms with E-state index in [0.29, 0.717) is 43.4 Å². The van der Waals surface area contributed by atoms with Gasteiger partial charge >= 0.3 is 0 Å². The van der Waals surface area contributed by atoms with Crippen molar-refractivity contribution >= 4 is 5.69 Å². The van der Waals surface area contributed by atoms with Gasteiger partial charge < -0.3 is 15.4 Å². The quantitative estimate of drug-likeness (QED) is 0.334. The predicted octanol–water partition coefficient (Wildman–Crippen LogP) is 4.09. The van der Waals surface area contributed by atoms with Crippen LogP contribution in [-0.2, 0) is 6.54 Å². The zero-order valence-electron chi connectivity index (χ0n) is 24.5. The van der Waals surface area contributed by atoms with Gasteiger partial charge in [-0.15, -0.1) is 0 Å². The SMILES string of the molecule is CCN1C(N)C2=C(C(c3ccc(F)cc3)CN(Cc3ccc(OC)cc3)C2)N(c2ccc(-n3ncnc3C)c(F)c2)C1N. The fourth-order valence-corrected chi connectivity index (χ4v) is 6.27. The molecule has 11 heteroatoms. The second-order valence-corrected chi connectivity index (χ2v) is 10.9. The molecular formula is C32H36F2N8O. The molecule has 0 radical (unpaired) electrons. The summed E-state index contributed by atoms with van der Waals surface area (Å²) in [4.78, 5) is 10.5. The second kappa shape index (κ2) is 11.8. The van der Waals surface area contributed by atoms with Gasteiger partial charge in [-0.2, -0.15) is 5.10 Å². The molecule has 3 atom stereocenters. The molecule has 0 aliphatic carbocycles. The Morgan fingerprint density at radius 3 is 2.37 bits per heavy atom. The molecule has 0 spiro atoms. The van der Waals surface area contributed by atoms with Gasteiger partial charge in [0.2, 0.25) is 0 Å². The monoisotopic (exact) mass is 586 g/mol. The Balaban J connectivity index is 1.46. The summed E-state index contributed by atoms with van der Waals surface area (Å²) in [6.07, 6.45) is 0.302.